The Morgan fingerprint density at radius 2 is 1.95 bits per heavy atom. The highest BCUT2D eigenvalue weighted by Crippen LogP contribution is 2.42. The molecule has 1 amide bonds. The molecule has 1 aliphatic carbocycles. The van der Waals surface area contributed by atoms with Crippen molar-refractivity contribution < 1.29 is 23.0 Å². The zero-order chi connectivity index (χ0) is 14.9. The van der Waals surface area contributed by atoms with Crippen LogP contribution in [0, 0.1) is 0 Å². The minimum atomic E-state index is -3.64. The molecule has 0 saturated heterocycles. The van der Waals surface area contributed by atoms with Crippen molar-refractivity contribution >= 4 is 11.6 Å². The van der Waals surface area contributed by atoms with E-state index >= 15 is 0 Å². The van der Waals surface area contributed by atoms with Gasteiger partial charge in [-0.3, -0.25) is 4.79 Å². The van der Waals surface area contributed by atoms with Crippen LogP contribution in [0.15, 0.2) is 18.2 Å². The van der Waals surface area contributed by atoms with Crippen LogP contribution in [0.2, 0.25) is 0 Å². The summed E-state index contributed by atoms with van der Waals surface area (Å²) in [6.07, 6.45) is 0.916. The van der Waals surface area contributed by atoms with Gasteiger partial charge >= 0.3 is 6.29 Å². The molecule has 1 fully saturated rings. The van der Waals surface area contributed by atoms with E-state index < -0.39 is 6.29 Å². The third-order valence-electron chi connectivity index (χ3n) is 3.59. The van der Waals surface area contributed by atoms with Crippen LogP contribution in [0.4, 0.5) is 14.5 Å². The van der Waals surface area contributed by atoms with Gasteiger partial charge < -0.3 is 20.1 Å². The van der Waals surface area contributed by atoms with Gasteiger partial charge in [0.05, 0.1) is 6.54 Å². The maximum atomic E-state index is 12.9. The van der Waals surface area contributed by atoms with Crippen molar-refractivity contribution in [2.75, 3.05) is 11.9 Å². The van der Waals surface area contributed by atoms with E-state index in [2.05, 4.69) is 20.1 Å². The molecule has 7 heteroatoms. The maximum Gasteiger partial charge on any atom is 0.586 e. The fourth-order valence-electron chi connectivity index (χ4n) is 2.60. The summed E-state index contributed by atoms with van der Waals surface area (Å²) in [5.74, 6) is -0.337. The van der Waals surface area contributed by atoms with E-state index in [0.29, 0.717) is 11.7 Å². The number of carbonyl (C=O) groups is 1. The van der Waals surface area contributed by atoms with Crippen LogP contribution in [0.3, 0.4) is 0 Å². The zero-order valence-corrected chi connectivity index (χ0v) is 11.3. The van der Waals surface area contributed by atoms with Crippen molar-refractivity contribution in [3.05, 3.63) is 18.2 Å². The largest absolute Gasteiger partial charge is 0.586 e. The number of hydrogen-bond acceptors (Lipinski definition) is 4. The Kier molecular flexibility index (Phi) is 3.67. The predicted octanol–water partition coefficient (Wildman–Crippen LogP) is 2.48. The minimum Gasteiger partial charge on any atom is -0.395 e. The van der Waals surface area contributed by atoms with Crippen LogP contribution in [0.1, 0.15) is 25.7 Å². The average molecular weight is 298 g/mol. The normalized spacial score (nSPS) is 19.7. The molecule has 0 bridgehead atoms. The zero-order valence-electron chi connectivity index (χ0n) is 11.3. The van der Waals surface area contributed by atoms with Crippen LogP contribution < -0.4 is 20.1 Å². The Labute approximate surface area is 120 Å². The summed E-state index contributed by atoms with van der Waals surface area (Å²) in [5.41, 5.74) is 0.397. The number of fused-ring (bicyclic) bond motifs is 1. The van der Waals surface area contributed by atoms with Gasteiger partial charge in [-0.15, -0.1) is 8.78 Å². The van der Waals surface area contributed by atoms with Crippen molar-refractivity contribution in [2.24, 2.45) is 0 Å². The van der Waals surface area contributed by atoms with Crippen molar-refractivity contribution in [3.8, 4) is 11.5 Å². The van der Waals surface area contributed by atoms with E-state index in [4.69, 9.17) is 0 Å². The fourth-order valence-corrected chi connectivity index (χ4v) is 2.60. The minimum absolute atomic E-state index is 0.0397. The smallest absolute Gasteiger partial charge is 0.395 e. The van der Waals surface area contributed by atoms with Crippen molar-refractivity contribution in [2.45, 2.75) is 38.0 Å². The number of carbonyl (C=O) groups excluding carboxylic acids is 1. The number of alkyl halides is 2. The predicted molar refractivity (Wildman–Crippen MR) is 71.5 cm³/mol. The number of hydrogen-bond donors (Lipinski definition) is 2. The third-order valence-corrected chi connectivity index (χ3v) is 3.59. The van der Waals surface area contributed by atoms with E-state index in [1.807, 2.05) is 0 Å². The molecule has 0 atom stereocenters. The molecule has 3 rings (SSSR count). The summed E-state index contributed by atoms with van der Waals surface area (Å²) < 4.78 is 34.4. The second kappa shape index (κ2) is 5.48. The number of rotatable bonds is 4. The van der Waals surface area contributed by atoms with E-state index in [-0.39, 0.29) is 24.0 Å². The van der Waals surface area contributed by atoms with E-state index in [1.54, 1.807) is 0 Å². The molecular formula is C14H16F2N2O3. The molecule has 1 aromatic rings. The molecule has 1 heterocycles. The summed E-state index contributed by atoms with van der Waals surface area (Å²) in [7, 11) is 0. The number of nitrogens with one attached hydrogen (secondary N) is 2. The van der Waals surface area contributed by atoms with Crippen LogP contribution in [0.25, 0.3) is 0 Å². The number of amides is 1. The summed E-state index contributed by atoms with van der Waals surface area (Å²) in [4.78, 5) is 11.8. The third kappa shape index (κ3) is 3.41. The van der Waals surface area contributed by atoms with Gasteiger partial charge in [0.15, 0.2) is 11.5 Å². The van der Waals surface area contributed by atoms with Gasteiger partial charge in [0.2, 0.25) is 5.91 Å². The van der Waals surface area contributed by atoms with Gasteiger partial charge in [-0.1, -0.05) is 12.8 Å². The standard InChI is InChI=1S/C14H16F2N2O3/c15-14(16)20-11-6-5-10(7-12(11)21-14)18-13(19)8-17-9-3-1-2-4-9/h5-7,9,17H,1-4,8H2,(H,18,19). The van der Waals surface area contributed by atoms with Crippen LogP contribution >= 0.6 is 0 Å². The Morgan fingerprint density at radius 1 is 1.24 bits per heavy atom. The summed E-state index contributed by atoms with van der Waals surface area (Å²) in [6, 6.07) is 4.56. The average Bonchev–Trinajstić information content (AvgIpc) is 3.01. The molecule has 0 spiro atoms. The first kappa shape index (κ1) is 14.1. The van der Waals surface area contributed by atoms with Crippen molar-refractivity contribution in [1.29, 1.82) is 0 Å². The van der Waals surface area contributed by atoms with Crippen molar-refractivity contribution in [1.82, 2.24) is 5.32 Å². The highest BCUT2D eigenvalue weighted by molar-refractivity contribution is 5.92. The highest BCUT2D eigenvalue weighted by Gasteiger charge is 2.43. The molecule has 1 saturated carbocycles. The van der Waals surface area contributed by atoms with Crippen LogP contribution in [-0.4, -0.2) is 24.8 Å². The number of ether oxygens (including phenoxy) is 2. The quantitative estimate of drug-likeness (QED) is 0.896. The summed E-state index contributed by atoms with van der Waals surface area (Å²) >= 11 is 0. The summed E-state index contributed by atoms with van der Waals surface area (Å²) in [6.45, 7) is 0.204. The fraction of sp³-hybridized carbons (Fsp3) is 0.500. The molecule has 21 heavy (non-hydrogen) atoms. The Hall–Kier alpha value is -1.89. The maximum absolute atomic E-state index is 12.9. The van der Waals surface area contributed by atoms with Gasteiger partial charge in [-0.05, 0) is 25.0 Å². The van der Waals surface area contributed by atoms with E-state index in [1.165, 1.54) is 31.0 Å². The molecule has 0 radical (unpaired) electrons. The first-order chi connectivity index (χ1) is 10.0. The molecule has 5 nitrogen and oxygen atoms in total. The molecule has 0 aromatic heterocycles. The van der Waals surface area contributed by atoms with Gasteiger partial charge in [-0.2, -0.15) is 0 Å². The summed E-state index contributed by atoms with van der Waals surface area (Å²) in [5, 5.41) is 5.82. The molecule has 0 unspecified atom stereocenters. The molecule has 2 aliphatic rings. The highest BCUT2D eigenvalue weighted by atomic mass is 19.3. The molecule has 114 valence electrons. The number of halogens is 2. The van der Waals surface area contributed by atoms with Crippen LogP contribution in [-0.2, 0) is 4.79 Å². The number of benzene rings is 1. The number of anilines is 1. The van der Waals surface area contributed by atoms with Gasteiger partial charge in [-0.25, -0.2) is 0 Å². The molecule has 2 N–H and O–H groups in total. The lowest BCUT2D eigenvalue weighted by molar-refractivity contribution is -0.286. The molecular weight excluding hydrogens is 282 g/mol. The van der Waals surface area contributed by atoms with Gasteiger partial charge in [0.25, 0.3) is 0 Å². The van der Waals surface area contributed by atoms with Gasteiger partial charge in [0, 0.05) is 17.8 Å². The first-order valence-electron chi connectivity index (χ1n) is 6.95. The van der Waals surface area contributed by atoms with E-state index in [0.717, 1.165) is 12.8 Å². The monoisotopic (exact) mass is 298 g/mol. The lowest BCUT2D eigenvalue weighted by Crippen LogP contribution is -2.34. The van der Waals surface area contributed by atoms with Crippen molar-refractivity contribution in [3.63, 3.8) is 0 Å². The Bertz CT molecular complexity index is 545. The van der Waals surface area contributed by atoms with Gasteiger partial charge in [0.1, 0.15) is 0 Å². The first-order valence-corrected chi connectivity index (χ1v) is 6.95. The molecule has 1 aliphatic heterocycles. The van der Waals surface area contributed by atoms with Crippen LogP contribution in [0.5, 0.6) is 11.5 Å². The second-order valence-electron chi connectivity index (χ2n) is 5.24. The SMILES string of the molecule is O=C(CNC1CCCC1)Nc1ccc2c(c1)OC(F)(F)O2. The Morgan fingerprint density at radius 3 is 2.71 bits per heavy atom. The topological polar surface area (TPSA) is 59.6 Å². The molecule has 1 aromatic carbocycles. The lowest BCUT2D eigenvalue weighted by Gasteiger charge is -2.11. The second-order valence-corrected chi connectivity index (χ2v) is 5.24. The van der Waals surface area contributed by atoms with E-state index in [9.17, 15) is 13.6 Å². The Balaban J connectivity index is 1.54. The lowest BCUT2D eigenvalue weighted by atomic mass is 10.2.